The quantitative estimate of drug-likeness (QED) is 0.759. The minimum atomic E-state index is 0.533. The lowest BCUT2D eigenvalue weighted by molar-refractivity contribution is 0.656. The lowest BCUT2D eigenvalue weighted by atomic mass is 10.1. The van der Waals surface area contributed by atoms with Crippen molar-refractivity contribution < 1.29 is 0 Å². The molecule has 0 radical (unpaired) electrons. The molecule has 1 aromatic carbocycles. The molecule has 2 nitrogen and oxygen atoms in total. The van der Waals surface area contributed by atoms with Crippen molar-refractivity contribution in [1.82, 2.24) is 9.78 Å². The van der Waals surface area contributed by atoms with Crippen molar-refractivity contribution in [2.24, 2.45) is 0 Å². The van der Waals surface area contributed by atoms with Crippen LogP contribution in [-0.2, 0) is 12.4 Å². The van der Waals surface area contributed by atoms with E-state index in [0.717, 1.165) is 17.8 Å². The van der Waals surface area contributed by atoms with E-state index in [1.165, 1.54) is 16.8 Å². The van der Waals surface area contributed by atoms with Gasteiger partial charge >= 0.3 is 0 Å². The molecule has 0 amide bonds. The molecular formula is C14H17ClN2. The summed E-state index contributed by atoms with van der Waals surface area (Å²) in [5, 5.41) is 4.55. The second-order valence-corrected chi connectivity index (χ2v) is 4.63. The Bertz CT molecular complexity index is 529. The zero-order valence-corrected chi connectivity index (χ0v) is 11.3. The van der Waals surface area contributed by atoms with Crippen LogP contribution in [0.15, 0.2) is 24.3 Å². The maximum Gasteiger partial charge on any atom is 0.0665 e. The molecule has 0 unspecified atom stereocenters. The summed E-state index contributed by atoms with van der Waals surface area (Å²) in [5.41, 5.74) is 5.96. The van der Waals surface area contributed by atoms with E-state index in [2.05, 4.69) is 43.2 Å². The predicted molar refractivity (Wildman–Crippen MR) is 71.5 cm³/mol. The van der Waals surface area contributed by atoms with E-state index in [1.54, 1.807) is 0 Å². The molecule has 0 atom stereocenters. The van der Waals surface area contributed by atoms with E-state index in [4.69, 9.17) is 11.6 Å². The first-order valence-electron chi connectivity index (χ1n) is 5.77. The van der Waals surface area contributed by atoms with Crippen molar-refractivity contribution in [3.8, 4) is 0 Å². The van der Waals surface area contributed by atoms with Gasteiger partial charge < -0.3 is 0 Å². The maximum atomic E-state index is 5.93. The average Bonchev–Trinajstić information content (AvgIpc) is 2.57. The summed E-state index contributed by atoms with van der Waals surface area (Å²) in [4.78, 5) is 0. The molecular weight excluding hydrogens is 232 g/mol. The van der Waals surface area contributed by atoms with Gasteiger partial charge in [0.15, 0.2) is 0 Å². The number of aryl methyl sites for hydroxylation is 2. The second-order valence-electron chi connectivity index (χ2n) is 4.37. The Kier molecular flexibility index (Phi) is 3.53. The Hall–Kier alpha value is -1.28. The monoisotopic (exact) mass is 248 g/mol. The van der Waals surface area contributed by atoms with Crippen LogP contribution in [0.5, 0.6) is 0 Å². The molecule has 0 fully saturated rings. The number of hydrogen-bond acceptors (Lipinski definition) is 1. The standard InChI is InChI=1S/C14H17ClN2/c1-10-6-4-5-7-13(10)9-17-12(3)14(8-15)11(2)16-17/h4-7H,8-9H2,1-3H3. The lowest BCUT2D eigenvalue weighted by Gasteiger charge is -2.07. The molecule has 0 aliphatic heterocycles. The summed E-state index contributed by atoms with van der Waals surface area (Å²) in [5.74, 6) is 0.533. The Labute approximate surface area is 107 Å². The van der Waals surface area contributed by atoms with Gasteiger partial charge in [0.1, 0.15) is 0 Å². The van der Waals surface area contributed by atoms with Crippen molar-refractivity contribution in [2.75, 3.05) is 0 Å². The second kappa shape index (κ2) is 4.92. The third-order valence-corrected chi connectivity index (χ3v) is 3.51. The zero-order chi connectivity index (χ0) is 12.4. The smallest absolute Gasteiger partial charge is 0.0665 e. The van der Waals surface area contributed by atoms with Crippen LogP contribution in [-0.4, -0.2) is 9.78 Å². The van der Waals surface area contributed by atoms with Gasteiger partial charge in [0.05, 0.1) is 18.1 Å². The van der Waals surface area contributed by atoms with Crippen molar-refractivity contribution in [1.29, 1.82) is 0 Å². The fraction of sp³-hybridized carbons (Fsp3) is 0.357. The normalized spacial score (nSPS) is 10.8. The summed E-state index contributed by atoms with van der Waals surface area (Å²) < 4.78 is 2.04. The van der Waals surface area contributed by atoms with Gasteiger partial charge in [-0.3, -0.25) is 4.68 Å². The Morgan fingerprint density at radius 1 is 1.18 bits per heavy atom. The Morgan fingerprint density at radius 2 is 1.88 bits per heavy atom. The third-order valence-electron chi connectivity index (χ3n) is 3.25. The van der Waals surface area contributed by atoms with E-state index in [0.29, 0.717) is 5.88 Å². The molecule has 3 heteroatoms. The van der Waals surface area contributed by atoms with E-state index in [1.807, 2.05) is 11.6 Å². The van der Waals surface area contributed by atoms with Crippen LogP contribution < -0.4 is 0 Å². The SMILES string of the molecule is Cc1ccccc1Cn1nc(C)c(CCl)c1C. The van der Waals surface area contributed by atoms with Gasteiger partial charge in [0.2, 0.25) is 0 Å². The molecule has 2 rings (SSSR count). The first-order valence-corrected chi connectivity index (χ1v) is 6.30. The van der Waals surface area contributed by atoms with Crippen molar-refractivity contribution in [2.45, 2.75) is 33.2 Å². The number of nitrogens with zero attached hydrogens (tertiary/aromatic N) is 2. The number of hydrogen-bond donors (Lipinski definition) is 0. The van der Waals surface area contributed by atoms with Crippen molar-refractivity contribution >= 4 is 11.6 Å². The minimum Gasteiger partial charge on any atom is -0.265 e. The van der Waals surface area contributed by atoms with Gasteiger partial charge in [-0.2, -0.15) is 5.10 Å². The molecule has 0 spiro atoms. The molecule has 0 aliphatic carbocycles. The van der Waals surface area contributed by atoms with Crippen molar-refractivity contribution in [3.05, 3.63) is 52.3 Å². The number of alkyl halides is 1. The molecule has 0 bridgehead atoms. The van der Waals surface area contributed by atoms with Gasteiger partial charge in [-0.25, -0.2) is 0 Å². The van der Waals surface area contributed by atoms with Crippen LogP contribution in [0.2, 0.25) is 0 Å². The van der Waals surface area contributed by atoms with Crippen LogP contribution in [0.3, 0.4) is 0 Å². The van der Waals surface area contributed by atoms with Gasteiger partial charge in [-0.05, 0) is 31.9 Å². The van der Waals surface area contributed by atoms with E-state index < -0.39 is 0 Å². The number of rotatable bonds is 3. The number of halogens is 1. The van der Waals surface area contributed by atoms with Gasteiger partial charge in [-0.15, -0.1) is 11.6 Å². The number of aromatic nitrogens is 2. The van der Waals surface area contributed by atoms with Gasteiger partial charge in [-0.1, -0.05) is 24.3 Å². The first-order chi connectivity index (χ1) is 8.13. The summed E-state index contributed by atoms with van der Waals surface area (Å²) in [7, 11) is 0. The molecule has 0 N–H and O–H groups in total. The molecule has 17 heavy (non-hydrogen) atoms. The predicted octanol–water partition coefficient (Wildman–Crippen LogP) is 3.60. The van der Waals surface area contributed by atoms with Crippen LogP contribution >= 0.6 is 11.6 Å². The average molecular weight is 249 g/mol. The highest BCUT2D eigenvalue weighted by Gasteiger charge is 2.10. The highest BCUT2D eigenvalue weighted by molar-refractivity contribution is 6.17. The Balaban J connectivity index is 2.34. The molecule has 0 saturated carbocycles. The van der Waals surface area contributed by atoms with Gasteiger partial charge in [0, 0.05) is 11.3 Å². The molecule has 0 saturated heterocycles. The molecule has 90 valence electrons. The summed E-state index contributed by atoms with van der Waals surface area (Å²) >= 11 is 5.93. The fourth-order valence-corrected chi connectivity index (χ4v) is 2.42. The Morgan fingerprint density at radius 3 is 2.47 bits per heavy atom. The van der Waals surface area contributed by atoms with Crippen LogP contribution in [0, 0.1) is 20.8 Å². The maximum absolute atomic E-state index is 5.93. The highest BCUT2D eigenvalue weighted by atomic mass is 35.5. The molecule has 1 heterocycles. The zero-order valence-electron chi connectivity index (χ0n) is 10.5. The molecule has 1 aromatic heterocycles. The summed E-state index contributed by atoms with van der Waals surface area (Å²) in [6.45, 7) is 7.04. The first kappa shape index (κ1) is 12.2. The molecule has 2 aromatic rings. The van der Waals surface area contributed by atoms with Crippen LogP contribution in [0.4, 0.5) is 0 Å². The van der Waals surface area contributed by atoms with Crippen molar-refractivity contribution in [3.63, 3.8) is 0 Å². The number of benzene rings is 1. The minimum absolute atomic E-state index is 0.533. The highest BCUT2D eigenvalue weighted by Crippen LogP contribution is 2.17. The van der Waals surface area contributed by atoms with E-state index in [9.17, 15) is 0 Å². The van der Waals surface area contributed by atoms with Crippen LogP contribution in [0.1, 0.15) is 28.1 Å². The fourth-order valence-electron chi connectivity index (χ4n) is 2.03. The summed E-state index contributed by atoms with van der Waals surface area (Å²) in [6, 6.07) is 8.40. The molecule has 0 aliphatic rings. The largest absolute Gasteiger partial charge is 0.265 e. The van der Waals surface area contributed by atoms with Crippen LogP contribution in [0.25, 0.3) is 0 Å². The topological polar surface area (TPSA) is 17.8 Å². The summed E-state index contributed by atoms with van der Waals surface area (Å²) in [6.07, 6.45) is 0. The van der Waals surface area contributed by atoms with E-state index >= 15 is 0 Å². The van der Waals surface area contributed by atoms with E-state index in [-0.39, 0.29) is 0 Å². The lowest BCUT2D eigenvalue weighted by Crippen LogP contribution is -2.05. The third kappa shape index (κ3) is 2.37. The van der Waals surface area contributed by atoms with Gasteiger partial charge in [0.25, 0.3) is 0 Å².